The molecule has 0 fully saturated rings. The Morgan fingerprint density at radius 2 is 2.00 bits per heavy atom. The highest BCUT2D eigenvalue weighted by Crippen LogP contribution is 2.24. The van der Waals surface area contributed by atoms with Crippen molar-refractivity contribution in [3.63, 3.8) is 0 Å². The summed E-state index contributed by atoms with van der Waals surface area (Å²) in [4.78, 5) is 11.6. The van der Waals surface area contributed by atoms with Gasteiger partial charge in [0.25, 0.3) is 0 Å². The summed E-state index contributed by atoms with van der Waals surface area (Å²) in [6.07, 6.45) is 0.772. The smallest absolute Gasteiger partial charge is 0.308 e. The molecule has 1 aromatic carbocycles. The zero-order chi connectivity index (χ0) is 13.5. The molecule has 1 unspecified atom stereocenters. The maximum atomic E-state index is 11.6. The predicted octanol–water partition coefficient (Wildman–Crippen LogP) is 2.79. The van der Waals surface area contributed by atoms with Crippen LogP contribution < -0.4 is 9.47 Å². The van der Waals surface area contributed by atoms with E-state index in [0.29, 0.717) is 11.5 Å². The summed E-state index contributed by atoms with van der Waals surface area (Å²) in [7, 11) is 3.18. The lowest BCUT2D eigenvalue weighted by molar-refractivity contribution is -0.149. The van der Waals surface area contributed by atoms with Gasteiger partial charge < -0.3 is 14.2 Å². The van der Waals surface area contributed by atoms with Gasteiger partial charge in [0.2, 0.25) is 0 Å². The molecule has 0 amide bonds. The third-order valence-electron chi connectivity index (χ3n) is 2.87. The van der Waals surface area contributed by atoms with Crippen molar-refractivity contribution in [3.8, 4) is 11.5 Å². The van der Waals surface area contributed by atoms with Crippen LogP contribution in [0.15, 0.2) is 18.2 Å². The molecule has 0 N–H and O–H groups in total. The number of hydrogen-bond donors (Lipinski definition) is 0. The molecular weight excluding hydrogens is 232 g/mol. The summed E-state index contributed by atoms with van der Waals surface area (Å²) in [5, 5.41) is 0. The topological polar surface area (TPSA) is 44.8 Å². The molecule has 0 bridgehead atoms. The molecule has 100 valence electrons. The lowest BCUT2D eigenvalue weighted by Gasteiger charge is -2.12. The first-order chi connectivity index (χ1) is 8.62. The van der Waals surface area contributed by atoms with Gasteiger partial charge in [0.1, 0.15) is 18.1 Å². The molecule has 4 heteroatoms. The lowest BCUT2D eigenvalue weighted by Crippen LogP contribution is -2.14. The molecule has 1 atom stereocenters. The second-order valence-electron chi connectivity index (χ2n) is 4.09. The SMILES string of the molecule is CCC(C)C(=O)OCc1cc(OC)ccc1OC. The van der Waals surface area contributed by atoms with E-state index in [2.05, 4.69) is 0 Å². The molecule has 18 heavy (non-hydrogen) atoms. The minimum Gasteiger partial charge on any atom is -0.497 e. The standard InChI is InChI=1S/C14H20O4/c1-5-10(2)14(15)18-9-11-8-12(16-3)6-7-13(11)17-4/h6-8,10H,5,9H2,1-4H3. The zero-order valence-corrected chi connectivity index (χ0v) is 11.4. The third-order valence-corrected chi connectivity index (χ3v) is 2.87. The first-order valence-corrected chi connectivity index (χ1v) is 5.99. The van der Waals surface area contributed by atoms with Gasteiger partial charge in [-0.25, -0.2) is 0 Å². The molecule has 0 aliphatic rings. The molecule has 0 aromatic heterocycles. The highest BCUT2D eigenvalue weighted by Gasteiger charge is 2.13. The van der Waals surface area contributed by atoms with Crippen LogP contribution in [-0.2, 0) is 16.1 Å². The minimum atomic E-state index is -0.192. The largest absolute Gasteiger partial charge is 0.497 e. The van der Waals surface area contributed by atoms with Crippen molar-refractivity contribution < 1.29 is 19.0 Å². The van der Waals surface area contributed by atoms with Gasteiger partial charge in [0, 0.05) is 5.56 Å². The molecule has 0 radical (unpaired) electrons. The monoisotopic (exact) mass is 252 g/mol. The molecule has 0 saturated heterocycles. The van der Waals surface area contributed by atoms with E-state index < -0.39 is 0 Å². The van der Waals surface area contributed by atoms with Gasteiger partial charge in [0.15, 0.2) is 0 Å². The van der Waals surface area contributed by atoms with Crippen LogP contribution in [0.1, 0.15) is 25.8 Å². The Hall–Kier alpha value is -1.71. The summed E-state index contributed by atoms with van der Waals surface area (Å²) >= 11 is 0. The molecule has 1 aromatic rings. The van der Waals surface area contributed by atoms with Crippen LogP contribution in [0.5, 0.6) is 11.5 Å². The molecule has 0 saturated carbocycles. The fourth-order valence-corrected chi connectivity index (χ4v) is 1.45. The molecule has 0 aliphatic heterocycles. The van der Waals surface area contributed by atoms with Crippen molar-refractivity contribution in [1.29, 1.82) is 0 Å². The highest BCUT2D eigenvalue weighted by atomic mass is 16.5. The van der Waals surface area contributed by atoms with Crippen molar-refractivity contribution in [2.45, 2.75) is 26.9 Å². The van der Waals surface area contributed by atoms with Crippen molar-refractivity contribution in [2.24, 2.45) is 5.92 Å². The fourth-order valence-electron chi connectivity index (χ4n) is 1.45. The van der Waals surface area contributed by atoms with E-state index in [1.165, 1.54) is 0 Å². The van der Waals surface area contributed by atoms with E-state index in [1.807, 2.05) is 19.9 Å². The van der Waals surface area contributed by atoms with Crippen molar-refractivity contribution >= 4 is 5.97 Å². The number of rotatable bonds is 6. The summed E-state index contributed by atoms with van der Waals surface area (Å²) < 4.78 is 15.6. The Kier molecular flexibility index (Phi) is 5.49. The molecule has 0 spiro atoms. The Labute approximate surface area is 108 Å². The Balaban J connectivity index is 2.73. The Morgan fingerprint density at radius 1 is 1.28 bits per heavy atom. The zero-order valence-electron chi connectivity index (χ0n) is 11.4. The van der Waals surface area contributed by atoms with Crippen molar-refractivity contribution in [1.82, 2.24) is 0 Å². The Bertz CT molecular complexity index is 401. The van der Waals surface area contributed by atoms with Crippen LogP contribution in [0.3, 0.4) is 0 Å². The van der Waals surface area contributed by atoms with Crippen LogP contribution in [0.25, 0.3) is 0 Å². The maximum absolute atomic E-state index is 11.6. The first-order valence-electron chi connectivity index (χ1n) is 5.99. The summed E-state index contributed by atoms with van der Waals surface area (Å²) in [6, 6.07) is 5.41. The van der Waals surface area contributed by atoms with Gasteiger partial charge in [-0.15, -0.1) is 0 Å². The quantitative estimate of drug-likeness (QED) is 0.730. The number of carbonyl (C=O) groups excluding carboxylic acids is 1. The van der Waals surface area contributed by atoms with Gasteiger partial charge in [-0.2, -0.15) is 0 Å². The van der Waals surface area contributed by atoms with E-state index in [-0.39, 0.29) is 18.5 Å². The summed E-state index contributed by atoms with van der Waals surface area (Å²) in [5.41, 5.74) is 0.800. The van der Waals surface area contributed by atoms with Crippen LogP contribution in [0.2, 0.25) is 0 Å². The molecule has 0 aliphatic carbocycles. The maximum Gasteiger partial charge on any atom is 0.308 e. The molecule has 0 heterocycles. The van der Waals surface area contributed by atoms with Gasteiger partial charge in [-0.3, -0.25) is 4.79 Å². The van der Waals surface area contributed by atoms with Gasteiger partial charge in [0.05, 0.1) is 20.1 Å². The molecule has 4 nitrogen and oxygen atoms in total. The average molecular weight is 252 g/mol. The van der Waals surface area contributed by atoms with E-state index in [1.54, 1.807) is 26.4 Å². The highest BCUT2D eigenvalue weighted by molar-refractivity contribution is 5.71. The second kappa shape index (κ2) is 6.89. The Morgan fingerprint density at radius 3 is 2.56 bits per heavy atom. The third kappa shape index (κ3) is 3.65. The fraction of sp³-hybridized carbons (Fsp3) is 0.500. The second-order valence-corrected chi connectivity index (χ2v) is 4.09. The van der Waals surface area contributed by atoms with Crippen molar-refractivity contribution in [2.75, 3.05) is 14.2 Å². The first kappa shape index (κ1) is 14.4. The number of ether oxygens (including phenoxy) is 3. The van der Waals surface area contributed by atoms with Crippen molar-refractivity contribution in [3.05, 3.63) is 23.8 Å². The van der Waals surface area contributed by atoms with E-state index in [9.17, 15) is 4.79 Å². The minimum absolute atomic E-state index is 0.0818. The van der Waals surface area contributed by atoms with Gasteiger partial charge in [-0.1, -0.05) is 13.8 Å². The lowest BCUT2D eigenvalue weighted by atomic mass is 10.1. The molecular formula is C14H20O4. The predicted molar refractivity (Wildman–Crippen MR) is 68.8 cm³/mol. The number of methoxy groups -OCH3 is 2. The number of esters is 1. The molecule has 1 rings (SSSR count). The van der Waals surface area contributed by atoms with Gasteiger partial charge >= 0.3 is 5.97 Å². The number of benzene rings is 1. The van der Waals surface area contributed by atoms with Crippen LogP contribution in [0, 0.1) is 5.92 Å². The number of hydrogen-bond acceptors (Lipinski definition) is 4. The van der Waals surface area contributed by atoms with Crippen LogP contribution in [0.4, 0.5) is 0 Å². The van der Waals surface area contributed by atoms with E-state index >= 15 is 0 Å². The van der Waals surface area contributed by atoms with E-state index in [0.717, 1.165) is 12.0 Å². The van der Waals surface area contributed by atoms with Gasteiger partial charge in [-0.05, 0) is 24.6 Å². The normalized spacial score (nSPS) is 11.8. The average Bonchev–Trinajstić information content (AvgIpc) is 2.43. The summed E-state index contributed by atoms with van der Waals surface area (Å²) in [6.45, 7) is 4.01. The van der Waals surface area contributed by atoms with E-state index in [4.69, 9.17) is 14.2 Å². The van der Waals surface area contributed by atoms with Crippen LogP contribution >= 0.6 is 0 Å². The van der Waals surface area contributed by atoms with Crippen LogP contribution in [-0.4, -0.2) is 20.2 Å². The summed E-state index contributed by atoms with van der Waals surface area (Å²) in [5.74, 6) is 1.13. The number of carbonyl (C=O) groups is 1.